The third-order valence-electron chi connectivity index (χ3n) is 2.47. The minimum atomic E-state index is -0.182. The van der Waals surface area contributed by atoms with Gasteiger partial charge in [0.1, 0.15) is 0 Å². The van der Waals surface area contributed by atoms with Crippen molar-refractivity contribution in [3.63, 3.8) is 0 Å². The van der Waals surface area contributed by atoms with Gasteiger partial charge >= 0.3 is 5.97 Å². The fourth-order valence-electron chi connectivity index (χ4n) is 1.56. The summed E-state index contributed by atoms with van der Waals surface area (Å²) in [5.41, 5.74) is 1.16. The summed E-state index contributed by atoms with van der Waals surface area (Å²) < 4.78 is 11.0. The summed E-state index contributed by atoms with van der Waals surface area (Å²) >= 11 is 4.97. The van der Waals surface area contributed by atoms with Gasteiger partial charge in [-0.3, -0.25) is 4.79 Å². The molecule has 6 heteroatoms. The molecule has 0 aromatic heterocycles. The van der Waals surface area contributed by atoms with Crippen LogP contribution in [0, 0.1) is 0 Å². The van der Waals surface area contributed by atoms with Gasteiger partial charge in [0.05, 0.1) is 19.0 Å². The van der Waals surface area contributed by atoms with Crippen LogP contribution in [0.3, 0.4) is 0 Å². The molecule has 0 amide bonds. The molecule has 1 rings (SSSR count). The predicted molar refractivity (Wildman–Crippen MR) is 85.1 cm³/mol. The van der Waals surface area contributed by atoms with Crippen molar-refractivity contribution in [3.8, 4) is 0 Å². The molecule has 0 radical (unpaired) electrons. The van der Waals surface area contributed by atoms with E-state index in [1.807, 2.05) is 19.1 Å². The number of rotatable bonds is 9. The number of nitrogens with one attached hydrogen (secondary N) is 1. The average molecular weight is 362 g/mol. The van der Waals surface area contributed by atoms with Gasteiger partial charge in [-0.2, -0.15) is 0 Å². The molecule has 20 heavy (non-hydrogen) atoms. The van der Waals surface area contributed by atoms with Crippen LogP contribution in [-0.2, 0) is 20.8 Å². The molecule has 0 saturated heterocycles. The molecule has 0 saturated carbocycles. The van der Waals surface area contributed by atoms with Crippen LogP contribution in [0.4, 0.5) is 0 Å². The first-order valence-electron chi connectivity index (χ1n) is 6.43. The lowest BCUT2D eigenvalue weighted by Gasteiger charge is -2.11. The van der Waals surface area contributed by atoms with Gasteiger partial charge < -0.3 is 14.8 Å². The molecule has 0 aliphatic heterocycles. The van der Waals surface area contributed by atoms with Crippen LogP contribution in [0.2, 0.25) is 0 Å². The van der Waals surface area contributed by atoms with E-state index in [4.69, 9.17) is 9.47 Å². The first kappa shape index (κ1) is 17.5. The Bertz CT molecular complexity index is 429. The quantitative estimate of drug-likeness (QED) is 0.416. The van der Waals surface area contributed by atoms with Crippen LogP contribution in [0.1, 0.15) is 12.5 Å². The van der Waals surface area contributed by atoms with Gasteiger partial charge in [-0.15, -0.1) is 11.8 Å². The van der Waals surface area contributed by atoms with Crippen LogP contribution in [0.15, 0.2) is 27.6 Å². The number of benzene rings is 1. The maximum atomic E-state index is 11.4. The summed E-state index contributed by atoms with van der Waals surface area (Å²) in [6, 6.07) is 6.06. The van der Waals surface area contributed by atoms with Crippen molar-refractivity contribution >= 4 is 33.7 Å². The van der Waals surface area contributed by atoms with Crippen molar-refractivity contribution in [2.45, 2.75) is 18.4 Å². The Labute approximate surface area is 132 Å². The van der Waals surface area contributed by atoms with E-state index in [1.54, 1.807) is 7.11 Å². The van der Waals surface area contributed by atoms with Crippen molar-refractivity contribution in [3.05, 3.63) is 28.2 Å². The van der Waals surface area contributed by atoms with Gasteiger partial charge in [-0.25, -0.2) is 0 Å². The van der Waals surface area contributed by atoms with Crippen LogP contribution in [-0.4, -0.2) is 38.6 Å². The van der Waals surface area contributed by atoms with E-state index in [1.165, 1.54) is 11.8 Å². The lowest BCUT2D eigenvalue weighted by Crippen LogP contribution is -2.19. The van der Waals surface area contributed by atoms with E-state index in [0.717, 1.165) is 28.0 Å². The third kappa shape index (κ3) is 6.74. The molecular formula is C14H20BrNO3S. The number of carbonyl (C=O) groups excluding carboxylic acids is 1. The van der Waals surface area contributed by atoms with Gasteiger partial charge in [-0.1, -0.05) is 15.9 Å². The molecule has 0 fully saturated rings. The topological polar surface area (TPSA) is 47.6 Å². The summed E-state index contributed by atoms with van der Waals surface area (Å²) in [6.45, 7) is 4.46. The van der Waals surface area contributed by atoms with E-state index in [9.17, 15) is 4.79 Å². The molecule has 0 unspecified atom stereocenters. The Kier molecular flexibility index (Phi) is 8.93. The van der Waals surface area contributed by atoms with Crippen molar-refractivity contribution in [2.75, 3.05) is 32.6 Å². The lowest BCUT2D eigenvalue weighted by molar-refractivity contribution is -0.139. The molecule has 0 bridgehead atoms. The number of ether oxygens (including phenoxy) is 2. The summed E-state index contributed by atoms with van der Waals surface area (Å²) in [4.78, 5) is 12.5. The number of carbonyl (C=O) groups is 1. The first-order valence-corrected chi connectivity index (χ1v) is 8.21. The average Bonchev–Trinajstić information content (AvgIpc) is 2.43. The Morgan fingerprint density at radius 2 is 2.25 bits per heavy atom. The fourth-order valence-corrected chi connectivity index (χ4v) is 2.81. The Morgan fingerprint density at radius 3 is 2.95 bits per heavy atom. The zero-order valence-electron chi connectivity index (χ0n) is 11.8. The van der Waals surface area contributed by atoms with E-state index in [-0.39, 0.29) is 5.97 Å². The molecule has 1 aromatic carbocycles. The molecule has 112 valence electrons. The predicted octanol–water partition coefficient (Wildman–Crippen LogP) is 2.84. The molecule has 0 aliphatic rings. The van der Waals surface area contributed by atoms with Gasteiger partial charge in [-0.05, 0) is 30.7 Å². The summed E-state index contributed by atoms with van der Waals surface area (Å²) in [5.74, 6) is 0.152. The zero-order chi connectivity index (χ0) is 14.8. The normalized spacial score (nSPS) is 10.6. The van der Waals surface area contributed by atoms with E-state index in [0.29, 0.717) is 19.0 Å². The van der Waals surface area contributed by atoms with Crippen LogP contribution in [0.25, 0.3) is 0 Å². The van der Waals surface area contributed by atoms with Crippen LogP contribution < -0.4 is 5.32 Å². The van der Waals surface area contributed by atoms with Crippen LogP contribution >= 0.6 is 27.7 Å². The number of hydrogen-bond acceptors (Lipinski definition) is 5. The van der Waals surface area contributed by atoms with Gasteiger partial charge in [0.2, 0.25) is 0 Å². The van der Waals surface area contributed by atoms with Crippen molar-refractivity contribution < 1.29 is 14.3 Å². The second-order valence-corrected chi connectivity index (χ2v) is 5.95. The minimum Gasteiger partial charge on any atom is -0.465 e. The van der Waals surface area contributed by atoms with Gasteiger partial charge in [0, 0.05) is 29.6 Å². The first-order chi connectivity index (χ1) is 9.67. The van der Waals surface area contributed by atoms with E-state index in [2.05, 4.69) is 27.3 Å². The molecule has 0 heterocycles. The zero-order valence-corrected chi connectivity index (χ0v) is 14.2. The SMILES string of the molecule is CCOC(=O)CSc1ccc(Br)cc1CNCCOC. The van der Waals surface area contributed by atoms with Gasteiger partial charge in [0.25, 0.3) is 0 Å². The minimum absolute atomic E-state index is 0.182. The third-order valence-corrected chi connectivity index (χ3v) is 4.05. The summed E-state index contributed by atoms with van der Waals surface area (Å²) in [5, 5.41) is 3.31. The fraction of sp³-hybridized carbons (Fsp3) is 0.500. The molecule has 0 atom stereocenters. The standard InChI is InChI=1S/C14H20BrNO3S/c1-3-19-14(17)10-20-13-5-4-12(15)8-11(13)9-16-6-7-18-2/h4-5,8,16H,3,6-7,9-10H2,1-2H3. The summed E-state index contributed by atoms with van der Waals surface area (Å²) in [7, 11) is 1.68. The molecule has 4 nitrogen and oxygen atoms in total. The highest BCUT2D eigenvalue weighted by atomic mass is 79.9. The van der Waals surface area contributed by atoms with Crippen molar-refractivity contribution in [1.82, 2.24) is 5.32 Å². The number of hydrogen-bond donors (Lipinski definition) is 1. The Hall–Kier alpha value is -0.560. The lowest BCUT2D eigenvalue weighted by atomic mass is 10.2. The molecule has 0 aliphatic carbocycles. The maximum Gasteiger partial charge on any atom is 0.316 e. The Morgan fingerprint density at radius 1 is 1.45 bits per heavy atom. The molecule has 1 N–H and O–H groups in total. The highest BCUT2D eigenvalue weighted by Crippen LogP contribution is 2.26. The highest BCUT2D eigenvalue weighted by molar-refractivity contribution is 9.10. The summed E-state index contributed by atoms with van der Waals surface area (Å²) in [6.07, 6.45) is 0. The Balaban J connectivity index is 2.57. The highest BCUT2D eigenvalue weighted by Gasteiger charge is 2.08. The number of thioether (sulfide) groups is 1. The second kappa shape index (κ2) is 10.2. The smallest absolute Gasteiger partial charge is 0.316 e. The number of halogens is 1. The second-order valence-electron chi connectivity index (χ2n) is 4.02. The number of methoxy groups -OCH3 is 1. The van der Waals surface area contributed by atoms with Gasteiger partial charge in [0.15, 0.2) is 0 Å². The molecule has 1 aromatic rings. The largest absolute Gasteiger partial charge is 0.465 e. The van der Waals surface area contributed by atoms with Crippen molar-refractivity contribution in [2.24, 2.45) is 0 Å². The maximum absolute atomic E-state index is 11.4. The van der Waals surface area contributed by atoms with E-state index >= 15 is 0 Å². The van der Waals surface area contributed by atoms with Crippen LogP contribution in [0.5, 0.6) is 0 Å². The molecule has 0 spiro atoms. The molecular weight excluding hydrogens is 342 g/mol. The van der Waals surface area contributed by atoms with Crippen molar-refractivity contribution in [1.29, 1.82) is 0 Å². The number of esters is 1. The van der Waals surface area contributed by atoms with E-state index < -0.39 is 0 Å². The monoisotopic (exact) mass is 361 g/mol.